The summed E-state index contributed by atoms with van der Waals surface area (Å²) < 4.78 is 15.7. The van der Waals surface area contributed by atoms with Crippen molar-refractivity contribution in [3.8, 4) is 10.6 Å². The minimum Gasteiger partial charge on any atom is -0.459 e. The van der Waals surface area contributed by atoms with Crippen molar-refractivity contribution in [1.82, 2.24) is 5.16 Å². The molecule has 0 aliphatic carbocycles. The number of hydrogen-bond donors (Lipinski definition) is 1. The van der Waals surface area contributed by atoms with E-state index in [9.17, 15) is 9.59 Å². The third kappa shape index (κ3) is 4.27. The number of carbonyl (C=O) groups excluding carboxylic acids is 2. The van der Waals surface area contributed by atoms with Crippen molar-refractivity contribution in [2.45, 2.75) is 13.5 Å². The Morgan fingerprint density at radius 3 is 2.83 bits per heavy atom. The number of esters is 1. The summed E-state index contributed by atoms with van der Waals surface area (Å²) in [6, 6.07) is 13.7. The molecule has 0 saturated carbocycles. The summed E-state index contributed by atoms with van der Waals surface area (Å²) in [6.45, 7) is 1.81. The molecule has 0 radical (unpaired) electrons. The standard InChI is InChI=1S/C21H16N2O5S/c1-13-6-7-14(10-16(13)22-20(24)17-4-2-8-26-17)21(25)27-12-15-11-18(28-23-15)19-5-3-9-29-19/h2-11H,12H2,1H3,(H,22,24). The third-order valence-electron chi connectivity index (χ3n) is 4.14. The van der Waals surface area contributed by atoms with E-state index in [0.717, 1.165) is 10.4 Å². The molecule has 0 saturated heterocycles. The van der Waals surface area contributed by atoms with E-state index in [1.807, 2.05) is 24.4 Å². The van der Waals surface area contributed by atoms with Crippen LogP contribution >= 0.6 is 11.3 Å². The molecule has 1 N–H and O–H groups in total. The minimum absolute atomic E-state index is 0.0182. The summed E-state index contributed by atoms with van der Waals surface area (Å²) in [5.74, 6) is -0.110. The highest BCUT2D eigenvalue weighted by atomic mass is 32.1. The topological polar surface area (TPSA) is 94.6 Å². The molecule has 4 rings (SSSR count). The van der Waals surface area contributed by atoms with Crippen molar-refractivity contribution in [3.63, 3.8) is 0 Å². The van der Waals surface area contributed by atoms with Gasteiger partial charge in [0, 0.05) is 11.8 Å². The quantitative estimate of drug-likeness (QED) is 0.455. The van der Waals surface area contributed by atoms with Crippen molar-refractivity contribution in [2.75, 3.05) is 5.32 Å². The predicted octanol–water partition coefficient (Wildman–Crippen LogP) is 4.91. The van der Waals surface area contributed by atoms with Crippen LogP contribution in [0.25, 0.3) is 10.6 Å². The van der Waals surface area contributed by atoms with Crippen molar-refractivity contribution in [3.05, 3.63) is 82.8 Å². The Bertz CT molecular complexity index is 1130. The molecule has 1 aromatic carbocycles. The fraction of sp³-hybridized carbons (Fsp3) is 0.0952. The summed E-state index contributed by atoms with van der Waals surface area (Å²) in [4.78, 5) is 25.6. The first-order valence-electron chi connectivity index (χ1n) is 8.72. The van der Waals surface area contributed by atoms with E-state index < -0.39 is 11.9 Å². The number of hydrogen-bond acceptors (Lipinski definition) is 7. The molecule has 0 atom stereocenters. The Labute approximate surface area is 169 Å². The highest BCUT2D eigenvalue weighted by Gasteiger charge is 2.15. The second-order valence-corrected chi connectivity index (χ2v) is 7.14. The van der Waals surface area contributed by atoms with Crippen LogP contribution in [0, 0.1) is 6.92 Å². The van der Waals surface area contributed by atoms with Gasteiger partial charge in [0.1, 0.15) is 12.3 Å². The maximum Gasteiger partial charge on any atom is 0.338 e. The fourth-order valence-corrected chi connectivity index (χ4v) is 3.29. The number of aryl methyl sites for hydroxylation is 1. The number of furan rings is 1. The first-order valence-corrected chi connectivity index (χ1v) is 9.60. The maximum atomic E-state index is 12.4. The summed E-state index contributed by atoms with van der Waals surface area (Å²) in [7, 11) is 0. The molecule has 0 unspecified atom stereocenters. The SMILES string of the molecule is Cc1ccc(C(=O)OCc2cc(-c3cccs3)on2)cc1NC(=O)c1ccco1. The van der Waals surface area contributed by atoms with Gasteiger partial charge in [0.15, 0.2) is 11.5 Å². The van der Waals surface area contributed by atoms with E-state index in [1.54, 1.807) is 36.4 Å². The zero-order valence-electron chi connectivity index (χ0n) is 15.4. The number of aromatic nitrogens is 1. The van der Waals surface area contributed by atoms with E-state index in [0.29, 0.717) is 22.7 Å². The maximum absolute atomic E-state index is 12.4. The molecule has 4 aromatic rings. The highest BCUT2D eigenvalue weighted by molar-refractivity contribution is 7.13. The van der Waals surface area contributed by atoms with Gasteiger partial charge in [0.25, 0.3) is 5.91 Å². The Hall–Kier alpha value is -3.65. The Morgan fingerprint density at radius 1 is 1.17 bits per heavy atom. The molecule has 3 aromatic heterocycles. The molecular formula is C21H16N2O5S. The summed E-state index contributed by atoms with van der Waals surface area (Å²) >= 11 is 1.53. The summed E-state index contributed by atoms with van der Waals surface area (Å²) in [5, 5.41) is 8.60. The minimum atomic E-state index is -0.529. The number of carbonyl (C=O) groups is 2. The van der Waals surface area contributed by atoms with Gasteiger partial charge in [-0.2, -0.15) is 0 Å². The third-order valence-corrected chi connectivity index (χ3v) is 5.02. The summed E-state index contributed by atoms with van der Waals surface area (Å²) in [5.41, 5.74) is 2.13. The molecule has 0 aliphatic heterocycles. The first-order chi connectivity index (χ1) is 14.1. The van der Waals surface area contributed by atoms with Crippen molar-refractivity contribution < 1.29 is 23.3 Å². The lowest BCUT2D eigenvalue weighted by atomic mass is 10.1. The Kier molecular flexibility index (Phi) is 5.26. The number of amides is 1. The van der Waals surface area contributed by atoms with Crippen molar-refractivity contribution >= 4 is 28.9 Å². The zero-order chi connectivity index (χ0) is 20.2. The van der Waals surface area contributed by atoms with Gasteiger partial charge in [0.2, 0.25) is 0 Å². The van der Waals surface area contributed by atoms with Gasteiger partial charge in [-0.1, -0.05) is 17.3 Å². The first kappa shape index (κ1) is 18.7. The van der Waals surface area contributed by atoms with E-state index in [1.165, 1.54) is 17.6 Å². The fourth-order valence-electron chi connectivity index (χ4n) is 2.61. The van der Waals surface area contributed by atoms with Crippen LogP contribution in [-0.2, 0) is 11.3 Å². The molecule has 7 nitrogen and oxygen atoms in total. The molecule has 3 heterocycles. The normalized spacial score (nSPS) is 10.7. The number of rotatable bonds is 6. The van der Waals surface area contributed by atoms with Crippen LogP contribution in [0.5, 0.6) is 0 Å². The van der Waals surface area contributed by atoms with Crippen LogP contribution in [0.2, 0.25) is 0 Å². The smallest absolute Gasteiger partial charge is 0.338 e. The molecule has 0 bridgehead atoms. The van der Waals surface area contributed by atoms with Crippen LogP contribution in [-0.4, -0.2) is 17.0 Å². The lowest BCUT2D eigenvalue weighted by Crippen LogP contribution is -2.13. The molecule has 0 spiro atoms. The molecular weight excluding hydrogens is 392 g/mol. The number of benzene rings is 1. The van der Waals surface area contributed by atoms with Gasteiger partial charge in [-0.05, 0) is 48.2 Å². The number of nitrogens with one attached hydrogen (secondary N) is 1. The Balaban J connectivity index is 1.41. The van der Waals surface area contributed by atoms with Crippen LogP contribution < -0.4 is 5.32 Å². The molecule has 146 valence electrons. The van der Waals surface area contributed by atoms with Crippen molar-refractivity contribution in [1.29, 1.82) is 0 Å². The molecule has 8 heteroatoms. The number of ether oxygens (including phenoxy) is 1. The largest absolute Gasteiger partial charge is 0.459 e. The molecule has 29 heavy (non-hydrogen) atoms. The Morgan fingerprint density at radius 2 is 2.07 bits per heavy atom. The molecule has 0 aliphatic rings. The second kappa shape index (κ2) is 8.15. The van der Waals surface area contributed by atoms with Gasteiger partial charge in [0.05, 0.1) is 16.7 Å². The van der Waals surface area contributed by atoms with E-state index in [2.05, 4.69) is 10.5 Å². The van der Waals surface area contributed by atoms with Crippen LogP contribution in [0.1, 0.15) is 32.2 Å². The van der Waals surface area contributed by atoms with Crippen LogP contribution in [0.4, 0.5) is 5.69 Å². The molecule has 1 amide bonds. The van der Waals surface area contributed by atoms with Gasteiger partial charge >= 0.3 is 5.97 Å². The molecule has 0 fully saturated rings. The lowest BCUT2D eigenvalue weighted by Gasteiger charge is -2.09. The summed E-state index contributed by atoms with van der Waals surface area (Å²) in [6.07, 6.45) is 1.42. The van der Waals surface area contributed by atoms with Gasteiger partial charge < -0.3 is 19.0 Å². The van der Waals surface area contributed by atoms with Crippen molar-refractivity contribution in [2.24, 2.45) is 0 Å². The predicted molar refractivity (Wildman–Crippen MR) is 107 cm³/mol. The van der Waals surface area contributed by atoms with Crippen LogP contribution in [0.3, 0.4) is 0 Å². The monoisotopic (exact) mass is 408 g/mol. The number of thiophene rings is 1. The lowest BCUT2D eigenvalue weighted by molar-refractivity contribution is 0.0464. The van der Waals surface area contributed by atoms with Gasteiger partial charge in [-0.3, -0.25) is 4.79 Å². The van der Waals surface area contributed by atoms with E-state index in [-0.39, 0.29) is 12.4 Å². The average molecular weight is 408 g/mol. The van der Waals surface area contributed by atoms with Crippen LogP contribution in [0.15, 0.2) is 69.1 Å². The highest BCUT2D eigenvalue weighted by Crippen LogP contribution is 2.25. The van der Waals surface area contributed by atoms with E-state index in [4.69, 9.17) is 13.7 Å². The number of nitrogens with zero attached hydrogens (tertiary/aromatic N) is 1. The van der Waals surface area contributed by atoms with Gasteiger partial charge in [-0.25, -0.2) is 4.79 Å². The van der Waals surface area contributed by atoms with Gasteiger partial charge in [-0.15, -0.1) is 11.3 Å². The van der Waals surface area contributed by atoms with E-state index >= 15 is 0 Å². The zero-order valence-corrected chi connectivity index (χ0v) is 16.2. The number of anilines is 1. The second-order valence-electron chi connectivity index (χ2n) is 6.20. The average Bonchev–Trinajstić information content (AvgIpc) is 3.49.